The zero-order valence-corrected chi connectivity index (χ0v) is 13.2. The Morgan fingerprint density at radius 2 is 1.42 bits per heavy atom. The van der Waals surface area contributed by atoms with Crippen molar-refractivity contribution in [3.05, 3.63) is 71.8 Å². The summed E-state index contributed by atoms with van der Waals surface area (Å²) < 4.78 is 23.9. The zero-order chi connectivity index (χ0) is 16.4. The van der Waals surface area contributed by atoms with E-state index in [1.165, 1.54) is 0 Å². The van der Waals surface area contributed by atoms with Crippen molar-refractivity contribution >= 4 is 0 Å². The summed E-state index contributed by atoms with van der Waals surface area (Å²) in [6.07, 6.45) is -2.14. The molecule has 2 aromatic rings. The number of rotatable bonds is 3. The molecule has 1 N–H and O–H groups in total. The van der Waals surface area contributed by atoms with Crippen LogP contribution in [0.2, 0.25) is 0 Å². The van der Waals surface area contributed by atoms with E-state index in [4.69, 9.17) is 18.9 Å². The second-order valence-electron chi connectivity index (χ2n) is 5.95. The van der Waals surface area contributed by atoms with E-state index in [-0.39, 0.29) is 18.8 Å². The van der Waals surface area contributed by atoms with Crippen molar-refractivity contribution in [2.45, 2.75) is 30.9 Å². The lowest BCUT2D eigenvalue weighted by Crippen LogP contribution is -2.38. The molecule has 2 aliphatic heterocycles. The van der Waals surface area contributed by atoms with Gasteiger partial charge in [-0.3, -0.25) is 0 Å². The predicted molar refractivity (Wildman–Crippen MR) is 86.0 cm³/mol. The quantitative estimate of drug-likeness (QED) is 0.938. The van der Waals surface area contributed by atoms with Gasteiger partial charge in [0.05, 0.1) is 13.2 Å². The highest BCUT2D eigenvalue weighted by Crippen LogP contribution is 2.37. The summed E-state index contributed by atoms with van der Waals surface area (Å²) >= 11 is 0. The fourth-order valence-corrected chi connectivity index (χ4v) is 3.12. The number of benzene rings is 2. The Bertz CT molecular complexity index is 647. The largest absolute Gasteiger partial charge is 0.394 e. The molecule has 2 saturated heterocycles. The summed E-state index contributed by atoms with van der Waals surface area (Å²) in [6.45, 7) is 0.197. The molecular formula is C19H20O5. The molecule has 5 heteroatoms. The summed E-state index contributed by atoms with van der Waals surface area (Å²) in [7, 11) is 0. The Kier molecular flexibility index (Phi) is 4.60. The van der Waals surface area contributed by atoms with Crippen LogP contribution in [0.3, 0.4) is 0 Å². The smallest absolute Gasteiger partial charge is 0.184 e. The van der Waals surface area contributed by atoms with Crippen molar-refractivity contribution in [1.82, 2.24) is 0 Å². The lowest BCUT2D eigenvalue weighted by atomic mass is 10.1. The van der Waals surface area contributed by atoms with Gasteiger partial charge in [-0.1, -0.05) is 60.7 Å². The summed E-state index contributed by atoms with van der Waals surface area (Å²) in [4.78, 5) is 0. The van der Waals surface area contributed by atoms with Crippen LogP contribution in [0.15, 0.2) is 60.7 Å². The lowest BCUT2D eigenvalue weighted by molar-refractivity contribution is -0.200. The van der Waals surface area contributed by atoms with Crippen LogP contribution in [0.4, 0.5) is 0 Å². The van der Waals surface area contributed by atoms with Crippen LogP contribution in [0.5, 0.6) is 0 Å². The van der Waals surface area contributed by atoms with E-state index in [9.17, 15) is 5.11 Å². The average Bonchev–Trinajstić information content (AvgIpc) is 3.00. The molecule has 0 aromatic heterocycles. The maximum absolute atomic E-state index is 9.77. The molecule has 2 unspecified atom stereocenters. The van der Waals surface area contributed by atoms with Gasteiger partial charge in [0, 0.05) is 11.1 Å². The van der Waals surface area contributed by atoms with Gasteiger partial charge in [0.25, 0.3) is 0 Å². The number of hydrogen-bond donors (Lipinski definition) is 1. The SMILES string of the molecule is OC[C@@H]1OC(c2ccccc2)OC[C@H]2OC(c3ccccc3)O[C@H]12. The van der Waals surface area contributed by atoms with Crippen LogP contribution in [0, 0.1) is 0 Å². The molecule has 0 bridgehead atoms. The highest BCUT2D eigenvalue weighted by atomic mass is 16.8. The second-order valence-corrected chi connectivity index (χ2v) is 5.95. The number of ether oxygens (including phenoxy) is 4. The Morgan fingerprint density at radius 3 is 2.04 bits per heavy atom. The van der Waals surface area contributed by atoms with Gasteiger partial charge in [-0.15, -0.1) is 0 Å². The fourth-order valence-electron chi connectivity index (χ4n) is 3.12. The van der Waals surface area contributed by atoms with Gasteiger partial charge >= 0.3 is 0 Å². The molecule has 0 amide bonds. The standard InChI is InChI=1S/C19H20O5/c20-11-15-17-16(23-19(24-17)14-9-5-2-6-10-14)12-21-18(22-15)13-7-3-1-4-8-13/h1-10,15-20H,11-12H2/t15-,16+,17+,18?,19?/m0/s1. The zero-order valence-electron chi connectivity index (χ0n) is 13.2. The molecule has 2 heterocycles. The summed E-state index contributed by atoms with van der Waals surface area (Å²) in [5.74, 6) is 0. The van der Waals surface area contributed by atoms with Crippen molar-refractivity contribution in [2.24, 2.45) is 0 Å². The second kappa shape index (κ2) is 7.01. The van der Waals surface area contributed by atoms with Crippen LogP contribution in [0.1, 0.15) is 23.7 Å². The van der Waals surface area contributed by atoms with Gasteiger partial charge in [0.2, 0.25) is 0 Å². The molecule has 24 heavy (non-hydrogen) atoms. The van der Waals surface area contributed by atoms with E-state index in [1.54, 1.807) is 0 Å². The van der Waals surface area contributed by atoms with Gasteiger partial charge in [0.15, 0.2) is 12.6 Å². The van der Waals surface area contributed by atoms with E-state index >= 15 is 0 Å². The molecule has 4 rings (SSSR count). The molecule has 2 fully saturated rings. The Labute approximate surface area is 140 Å². The normalized spacial score (nSPS) is 33.0. The van der Waals surface area contributed by atoms with Gasteiger partial charge in [-0.25, -0.2) is 0 Å². The Morgan fingerprint density at radius 1 is 0.792 bits per heavy atom. The third-order valence-corrected chi connectivity index (χ3v) is 4.35. The van der Waals surface area contributed by atoms with Crippen LogP contribution < -0.4 is 0 Å². The third kappa shape index (κ3) is 3.09. The molecule has 2 aliphatic rings. The molecule has 0 aliphatic carbocycles. The van der Waals surface area contributed by atoms with Crippen molar-refractivity contribution in [3.63, 3.8) is 0 Å². The molecule has 5 nitrogen and oxygen atoms in total. The summed E-state index contributed by atoms with van der Waals surface area (Å²) in [5, 5.41) is 9.77. The predicted octanol–water partition coefficient (Wildman–Crippen LogP) is 2.58. The Balaban J connectivity index is 1.51. The maximum atomic E-state index is 9.77. The third-order valence-electron chi connectivity index (χ3n) is 4.35. The maximum Gasteiger partial charge on any atom is 0.184 e. The molecule has 0 radical (unpaired) electrons. The average molecular weight is 328 g/mol. The molecular weight excluding hydrogens is 308 g/mol. The first-order valence-corrected chi connectivity index (χ1v) is 8.14. The molecule has 2 aromatic carbocycles. The van der Waals surface area contributed by atoms with Crippen molar-refractivity contribution in [1.29, 1.82) is 0 Å². The molecule has 5 atom stereocenters. The topological polar surface area (TPSA) is 57.2 Å². The fraction of sp³-hybridized carbons (Fsp3) is 0.368. The first-order valence-electron chi connectivity index (χ1n) is 8.14. The number of hydrogen-bond acceptors (Lipinski definition) is 5. The summed E-state index contributed by atoms with van der Waals surface area (Å²) in [5.41, 5.74) is 1.86. The first-order chi connectivity index (χ1) is 11.8. The van der Waals surface area contributed by atoms with Gasteiger partial charge < -0.3 is 24.1 Å². The highest BCUT2D eigenvalue weighted by molar-refractivity contribution is 5.18. The van der Waals surface area contributed by atoms with Crippen LogP contribution in [-0.2, 0) is 18.9 Å². The summed E-state index contributed by atoms with van der Waals surface area (Å²) in [6, 6.07) is 19.4. The molecule has 126 valence electrons. The van der Waals surface area contributed by atoms with Crippen LogP contribution >= 0.6 is 0 Å². The minimum absolute atomic E-state index is 0.154. The van der Waals surface area contributed by atoms with E-state index in [0.29, 0.717) is 6.61 Å². The number of aliphatic hydroxyl groups excluding tert-OH is 1. The van der Waals surface area contributed by atoms with Gasteiger partial charge in [0.1, 0.15) is 18.3 Å². The van der Waals surface area contributed by atoms with Crippen molar-refractivity contribution in [2.75, 3.05) is 13.2 Å². The van der Waals surface area contributed by atoms with E-state index in [1.807, 2.05) is 60.7 Å². The van der Waals surface area contributed by atoms with Gasteiger partial charge in [-0.05, 0) is 0 Å². The lowest BCUT2D eigenvalue weighted by Gasteiger charge is -2.24. The Hall–Kier alpha value is -1.76. The number of fused-ring (bicyclic) bond motifs is 1. The molecule has 0 saturated carbocycles. The highest BCUT2D eigenvalue weighted by Gasteiger charge is 2.45. The van der Waals surface area contributed by atoms with Crippen LogP contribution in [-0.4, -0.2) is 36.6 Å². The van der Waals surface area contributed by atoms with Crippen molar-refractivity contribution in [3.8, 4) is 0 Å². The van der Waals surface area contributed by atoms with E-state index < -0.39 is 18.7 Å². The number of aliphatic hydroxyl groups is 1. The molecule has 0 spiro atoms. The minimum Gasteiger partial charge on any atom is -0.394 e. The van der Waals surface area contributed by atoms with Crippen LogP contribution in [0.25, 0.3) is 0 Å². The van der Waals surface area contributed by atoms with Gasteiger partial charge in [-0.2, -0.15) is 0 Å². The van der Waals surface area contributed by atoms with E-state index in [0.717, 1.165) is 11.1 Å². The monoisotopic (exact) mass is 328 g/mol. The van der Waals surface area contributed by atoms with E-state index in [2.05, 4.69) is 0 Å². The minimum atomic E-state index is -0.531. The first kappa shape index (κ1) is 15.7. The van der Waals surface area contributed by atoms with Crippen molar-refractivity contribution < 1.29 is 24.1 Å².